The molecule has 0 saturated heterocycles. The van der Waals surface area contributed by atoms with Gasteiger partial charge in [0.25, 0.3) is 0 Å². The largest absolute Gasteiger partial charge is 0.481 e. The van der Waals surface area contributed by atoms with Gasteiger partial charge in [-0.2, -0.15) is 0 Å². The molecule has 1 saturated carbocycles. The zero-order valence-corrected chi connectivity index (χ0v) is 11.4. The van der Waals surface area contributed by atoms with Crippen LogP contribution in [0.3, 0.4) is 0 Å². The van der Waals surface area contributed by atoms with Crippen molar-refractivity contribution in [1.29, 1.82) is 0 Å². The van der Waals surface area contributed by atoms with Crippen LogP contribution >= 0.6 is 0 Å². The van der Waals surface area contributed by atoms with Crippen LogP contribution in [-0.2, 0) is 9.22 Å². The van der Waals surface area contributed by atoms with Crippen LogP contribution in [0.2, 0.25) is 18.1 Å². The average Bonchev–Trinajstić information content (AvgIpc) is 2.79. The monoisotopic (exact) mass is 230 g/mol. The highest BCUT2D eigenvalue weighted by Crippen LogP contribution is 2.48. The van der Waals surface area contributed by atoms with E-state index in [-0.39, 0.29) is 5.04 Å². The van der Waals surface area contributed by atoms with Gasteiger partial charge in [-0.15, -0.1) is 0 Å². The number of hydrogen-bond acceptors (Lipinski definition) is 2. The van der Waals surface area contributed by atoms with Gasteiger partial charge in [-0.25, -0.2) is 0 Å². The molecule has 0 bridgehead atoms. The highest BCUT2D eigenvalue weighted by atomic mass is 28.4. The summed E-state index contributed by atoms with van der Waals surface area (Å²) >= 11 is 0. The number of carboxylic acids is 1. The maximum absolute atomic E-state index is 11.0. The van der Waals surface area contributed by atoms with Crippen molar-refractivity contribution in [2.45, 2.75) is 51.7 Å². The third-order valence-corrected chi connectivity index (χ3v) is 8.30. The van der Waals surface area contributed by atoms with Gasteiger partial charge < -0.3 is 9.53 Å². The maximum atomic E-state index is 11.0. The molecule has 1 aliphatic rings. The quantitative estimate of drug-likeness (QED) is 0.755. The first-order valence-electron chi connectivity index (χ1n) is 5.48. The maximum Gasteiger partial charge on any atom is 0.311 e. The van der Waals surface area contributed by atoms with E-state index in [1.807, 2.05) is 0 Å². The van der Waals surface area contributed by atoms with Crippen LogP contribution in [0.4, 0.5) is 0 Å². The van der Waals surface area contributed by atoms with Crippen molar-refractivity contribution in [2.24, 2.45) is 5.41 Å². The molecule has 3 nitrogen and oxygen atoms in total. The van der Waals surface area contributed by atoms with E-state index in [4.69, 9.17) is 9.53 Å². The fourth-order valence-corrected chi connectivity index (χ4v) is 2.18. The molecular weight excluding hydrogens is 208 g/mol. The van der Waals surface area contributed by atoms with Crippen molar-refractivity contribution < 1.29 is 14.3 Å². The number of carbonyl (C=O) groups is 1. The normalized spacial score (nSPS) is 20.1. The molecule has 0 amide bonds. The number of carboxylic acid groups (broad SMARTS) is 1. The molecule has 1 fully saturated rings. The van der Waals surface area contributed by atoms with Gasteiger partial charge in [-0.3, -0.25) is 4.79 Å². The second-order valence-corrected chi connectivity index (χ2v) is 10.9. The topological polar surface area (TPSA) is 46.5 Å². The highest BCUT2D eigenvalue weighted by Gasteiger charge is 2.52. The van der Waals surface area contributed by atoms with Gasteiger partial charge in [-0.1, -0.05) is 20.8 Å². The number of aliphatic carboxylic acids is 1. The second kappa shape index (κ2) is 3.59. The fourth-order valence-electron chi connectivity index (χ4n) is 1.11. The van der Waals surface area contributed by atoms with E-state index in [1.54, 1.807) is 0 Å². The molecule has 0 atom stereocenters. The van der Waals surface area contributed by atoms with Crippen LogP contribution < -0.4 is 0 Å². The van der Waals surface area contributed by atoms with Gasteiger partial charge >= 0.3 is 5.97 Å². The van der Waals surface area contributed by atoms with E-state index >= 15 is 0 Å². The predicted molar refractivity (Wildman–Crippen MR) is 62.5 cm³/mol. The minimum absolute atomic E-state index is 0.154. The summed E-state index contributed by atoms with van der Waals surface area (Å²) in [5, 5.41) is 9.19. The zero-order chi connectivity index (χ0) is 11.9. The molecule has 0 aromatic carbocycles. The van der Waals surface area contributed by atoms with Gasteiger partial charge in [0.15, 0.2) is 8.32 Å². The highest BCUT2D eigenvalue weighted by molar-refractivity contribution is 6.74. The standard InChI is InChI=1S/C11H22O3Si/c1-10(2,3)15(4,5)14-8-11(6-7-11)9(12)13/h6-8H2,1-5H3,(H,12,13). The van der Waals surface area contributed by atoms with Crippen LogP contribution in [-0.4, -0.2) is 26.0 Å². The molecule has 88 valence electrons. The number of hydrogen-bond donors (Lipinski definition) is 1. The first kappa shape index (κ1) is 12.7. The molecule has 0 aromatic heterocycles. The van der Waals surface area contributed by atoms with Gasteiger partial charge in [0.05, 0.1) is 12.0 Å². The molecule has 0 heterocycles. The summed E-state index contributed by atoms with van der Waals surface area (Å²) in [6.45, 7) is 11.2. The molecule has 1 rings (SSSR count). The Labute approximate surface area is 93.0 Å². The average molecular weight is 230 g/mol. The lowest BCUT2D eigenvalue weighted by Crippen LogP contribution is -2.43. The van der Waals surface area contributed by atoms with Gasteiger partial charge in [-0.05, 0) is 31.0 Å². The van der Waals surface area contributed by atoms with Crippen LogP contribution in [0.15, 0.2) is 0 Å². The molecule has 0 spiro atoms. The Morgan fingerprint density at radius 1 is 1.40 bits per heavy atom. The summed E-state index contributed by atoms with van der Waals surface area (Å²) in [6.07, 6.45) is 1.55. The molecule has 4 heteroatoms. The van der Waals surface area contributed by atoms with Crippen LogP contribution in [0.25, 0.3) is 0 Å². The lowest BCUT2D eigenvalue weighted by atomic mass is 10.1. The zero-order valence-electron chi connectivity index (χ0n) is 10.4. The summed E-state index contributed by atoms with van der Waals surface area (Å²) in [7, 11) is -1.78. The van der Waals surface area contributed by atoms with E-state index < -0.39 is 19.7 Å². The first-order valence-corrected chi connectivity index (χ1v) is 8.39. The van der Waals surface area contributed by atoms with E-state index in [2.05, 4.69) is 33.9 Å². The SMILES string of the molecule is CC(C)(C)[Si](C)(C)OCC1(C(=O)O)CC1. The van der Waals surface area contributed by atoms with E-state index in [0.29, 0.717) is 6.61 Å². The van der Waals surface area contributed by atoms with Crippen LogP contribution in [0.5, 0.6) is 0 Å². The van der Waals surface area contributed by atoms with Crippen molar-refractivity contribution in [2.75, 3.05) is 6.61 Å². The van der Waals surface area contributed by atoms with Gasteiger partial charge in [0.1, 0.15) is 0 Å². The molecule has 1 aliphatic carbocycles. The van der Waals surface area contributed by atoms with E-state index in [0.717, 1.165) is 12.8 Å². The van der Waals surface area contributed by atoms with Crippen molar-refractivity contribution >= 4 is 14.3 Å². The summed E-state index contributed by atoms with van der Waals surface area (Å²) in [6, 6.07) is 0. The molecular formula is C11H22O3Si. The molecule has 0 aliphatic heterocycles. The molecule has 0 unspecified atom stereocenters. The smallest absolute Gasteiger partial charge is 0.311 e. The minimum atomic E-state index is -1.78. The number of rotatable bonds is 4. The molecule has 1 N–H and O–H groups in total. The Hall–Kier alpha value is -0.353. The summed E-state index contributed by atoms with van der Waals surface area (Å²) < 4.78 is 5.94. The van der Waals surface area contributed by atoms with Crippen molar-refractivity contribution in [3.8, 4) is 0 Å². The lowest BCUT2D eigenvalue weighted by Gasteiger charge is -2.37. The molecule has 0 aromatic rings. The Bertz CT molecular complexity index is 261. The Balaban J connectivity index is 2.54. The van der Waals surface area contributed by atoms with Crippen LogP contribution in [0, 0.1) is 5.41 Å². The van der Waals surface area contributed by atoms with Gasteiger partial charge in [0.2, 0.25) is 0 Å². The van der Waals surface area contributed by atoms with Crippen molar-refractivity contribution in [3.05, 3.63) is 0 Å². The Morgan fingerprint density at radius 2 is 1.87 bits per heavy atom. The third kappa shape index (κ3) is 2.61. The Kier molecular flexibility index (Phi) is 3.05. The van der Waals surface area contributed by atoms with Crippen molar-refractivity contribution in [3.63, 3.8) is 0 Å². The molecule has 0 radical (unpaired) electrons. The minimum Gasteiger partial charge on any atom is -0.481 e. The Morgan fingerprint density at radius 3 is 2.13 bits per heavy atom. The predicted octanol–water partition coefficient (Wildman–Crippen LogP) is 2.87. The van der Waals surface area contributed by atoms with Gasteiger partial charge in [0, 0.05) is 0 Å². The first-order chi connectivity index (χ1) is 6.61. The van der Waals surface area contributed by atoms with Crippen molar-refractivity contribution in [1.82, 2.24) is 0 Å². The van der Waals surface area contributed by atoms with Crippen LogP contribution in [0.1, 0.15) is 33.6 Å². The van der Waals surface area contributed by atoms with E-state index in [1.165, 1.54) is 0 Å². The van der Waals surface area contributed by atoms with E-state index in [9.17, 15) is 4.79 Å². The molecule has 15 heavy (non-hydrogen) atoms. The lowest BCUT2D eigenvalue weighted by molar-refractivity contribution is -0.144. The third-order valence-electron chi connectivity index (χ3n) is 3.82. The summed E-state index contributed by atoms with van der Waals surface area (Å²) in [5.74, 6) is -0.693. The summed E-state index contributed by atoms with van der Waals surface area (Å²) in [5.41, 5.74) is -0.546. The second-order valence-electron chi connectivity index (χ2n) is 6.13. The fraction of sp³-hybridized carbons (Fsp3) is 0.909. The summed E-state index contributed by atoms with van der Waals surface area (Å²) in [4.78, 5) is 11.0.